The van der Waals surface area contributed by atoms with E-state index >= 15 is 0 Å². The fourth-order valence-electron chi connectivity index (χ4n) is 2.45. The van der Waals surface area contributed by atoms with Crippen molar-refractivity contribution in [3.8, 4) is 0 Å². The standard InChI is InChI=1S/C14H20F3N3/c1-2-18-9-12-6-3-7-13(19-12)20-8-4-5-11(10-20)14(15,16)17/h3,6-7,11,18H,2,4-5,8-10H2,1H3. The lowest BCUT2D eigenvalue weighted by Gasteiger charge is -2.34. The number of nitrogens with zero attached hydrogens (tertiary/aromatic N) is 2. The van der Waals surface area contributed by atoms with Gasteiger partial charge in [0, 0.05) is 19.6 Å². The SMILES string of the molecule is CCNCc1cccc(N2CCCC(C(F)(F)F)C2)n1. The Kier molecular flexibility index (Phi) is 4.86. The second-order valence-corrected chi connectivity index (χ2v) is 5.09. The first kappa shape index (κ1) is 15.1. The lowest BCUT2D eigenvalue weighted by atomic mass is 9.97. The van der Waals surface area contributed by atoms with Crippen LogP contribution >= 0.6 is 0 Å². The number of rotatable bonds is 4. The summed E-state index contributed by atoms with van der Waals surface area (Å²) in [6.07, 6.45) is -3.33. The summed E-state index contributed by atoms with van der Waals surface area (Å²) in [5.41, 5.74) is 0.860. The van der Waals surface area contributed by atoms with Crippen LogP contribution in [0.15, 0.2) is 18.2 Å². The number of halogens is 3. The van der Waals surface area contributed by atoms with E-state index in [1.807, 2.05) is 19.1 Å². The summed E-state index contributed by atoms with van der Waals surface area (Å²) in [5.74, 6) is -0.593. The molecule has 0 radical (unpaired) electrons. The number of aromatic nitrogens is 1. The summed E-state index contributed by atoms with van der Waals surface area (Å²) in [4.78, 5) is 6.19. The van der Waals surface area contributed by atoms with Crippen molar-refractivity contribution in [1.82, 2.24) is 10.3 Å². The fourth-order valence-corrected chi connectivity index (χ4v) is 2.45. The summed E-state index contributed by atoms with van der Waals surface area (Å²) in [5, 5.41) is 3.17. The third-order valence-corrected chi connectivity index (χ3v) is 3.56. The minimum Gasteiger partial charge on any atom is -0.356 e. The van der Waals surface area contributed by atoms with Crippen LogP contribution in [0, 0.1) is 5.92 Å². The number of alkyl halides is 3. The molecule has 1 aromatic rings. The van der Waals surface area contributed by atoms with Crippen molar-refractivity contribution < 1.29 is 13.2 Å². The Labute approximate surface area is 117 Å². The van der Waals surface area contributed by atoms with Crippen LogP contribution in [0.5, 0.6) is 0 Å². The average molecular weight is 287 g/mol. The average Bonchev–Trinajstić information content (AvgIpc) is 2.45. The van der Waals surface area contributed by atoms with Gasteiger partial charge in [-0.05, 0) is 31.5 Å². The Balaban J connectivity index is 2.07. The molecule has 0 amide bonds. The van der Waals surface area contributed by atoms with E-state index in [9.17, 15) is 13.2 Å². The molecule has 1 fully saturated rings. The number of hydrogen-bond donors (Lipinski definition) is 1. The molecular formula is C14H20F3N3. The van der Waals surface area contributed by atoms with Gasteiger partial charge in [0.05, 0.1) is 11.6 Å². The number of pyridine rings is 1. The Bertz CT molecular complexity index is 434. The van der Waals surface area contributed by atoms with Crippen LogP contribution in [0.4, 0.5) is 19.0 Å². The van der Waals surface area contributed by atoms with Gasteiger partial charge in [-0.2, -0.15) is 13.2 Å². The molecule has 1 aliphatic heterocycles. The normalized spacial score (nSPS) is 20.2. The van der Waals surface area contributed by atoms with Gasteiger partial charge in [0.15, 0.2) is 0 Å². The summed E-state index contributed by atoms with van der Waals surface area (Å²) in [6.45, 7) is 4.14. The van der Waals surface area contributed by atoms with Crippen molar-refractivity contribution in [1.29, 1.82) is 0 Å². The van der Waals surface area contributed by atoms with E-state index < -0.39 is 12.1 Å². The predicted octanol–water partition coefficient (Wildman–Crippen LogP) is 2.97. The highest BCUT2D eigenvalue weighted by atomic mass is 19.4. The van der Waals surface area contributed by atoms with Gasteiger partial charge in [0.1, 0.15) is 5.82 Å². The molecular weight excluding hydrogens is 267 g/mol. The minimum absolute atomic E-state index is 0.0150. The monoisotopic (exact) mass is 287 g/mol. The summed E-state index contributed by atoms with van der Waals surface area (Å²) < 4.78 is 38.5. The van der Waals surface area contributed by atoms with Crippen molar-refractivity contribution in [2.24, 2.45) is 5.92 Å². The quantitative estimate of drug-likeness (QED) is 0.923. The molecule has 1 aromatic heterocycles. The van der Waals surface area contributed by atoms with E-state index in [4.69, 9.17) is 0 Å². The van der Waals surface area contributed by atoms with Gasteiger partial charge >= 0.3 is 6.18 Å². The Hall–Kier alpha value is -1.30. The van der Waals surface area contributed by atoms with Gasteiger partial charge in [-0.1, -0.05) is 13.0 Å². The zero-order chi connectivity index (χ0) is 14.6. The molecule has 1 N–H and O–H groups in total. The second-order valence-electron chi connectivity index (χ2n) is 5.09. The van der Waals surface area contributed by atoms with Crippen molar-refractivity contribution in [2.45, 2.75) is 32.5 Å². The Morgan fingerprint density at radius 2 is 2.20 bits per heavy atom. The maximum absolute atomic E-state index is 12.8. The third kappa shape index (κ3) is 3.85. The highest BCUT2D eigenvalue weighted by molar-refractivity contribution is 5.40. The van der Waals surface area contributed by atoms with Gasteiger partial charge < -0.3 is 10.2 Å². The molecule has 0 saturated carbocycles. The van der Waals surface area contributed by atoms with Crippen LogP contribution in [0.25, 0.3) is 0 Å². The van der Waals surface area contributed by atoms with Crippen molar-refractivity contribution in [3.05, 3.63) is 23.9 Å². The first-order chi connectivity index (χ1) is 9.50. The third-order valence-electron chi connectivity index (χ3n) is 3.56. The highest BCUT2D eigenvalue weighted by Gasteiger charge is 2.42. The largest absolute Gasteiger partial charge is 0.393 e. The summed E-state index contributed by atoms with van der Waals surface area (Å²) in [6, 6.07) is 5.53. The molecule has 2 rings (SSSR count). The molecule has 0 aliphatic carbocycles. The van der Waals surface area contributed by atoms with Crippen molar-refractivity contribution >= 4 is 5.82 Å². The molecule has 0 aromatic carbocycles. The van der Waals surface area contributed by atoms with Crippen molar-refractivity contribution in [3.63, 3.8) is 0 Å². The topological polar surface area (TPSA) is 28.2 Å². The molecule has 1 unspecified atom stereocenters. The summed E-state index contributed by atoms with van der Waals surface area (Å²) in [7, 11) is 0. The van der Waals surface area contributed by atoms with E-state index in [0.717, 1.165) is 12.2 Å². The first-order valence-electron chi connectivity index (χ1n) is 6.99. The van der Waals surface area contributed by atoms with E-state index in [2.05, 4.69) is 10.3 Å². The zero-order valence-electron chi connectivity index (χ0n) is 11.6. The van der Waals surface area contributed by atoms with Crippen LogP contribution in [0.1, 0.15) is 25.5 Å². The number of hydrogen-bond acceptors (Lipinski definition) is 3. The Morgan fingerprint density at radius 3 is 2.90 bits per heavy atom. The number of piperidine rings is 1. The summed E-state index contributed by atoms with van der Waals surface area (Å²) >= 11 is 0. The molecule has 0 bridgehead atoms. The maximum Gasteiger partial charge on any atom is 0.393 e. The molecule has 6 heteroatoms. The Morgan fingerprint density at radius 1 is 1.40 bits per heavy atom. The molecule has 0 spiro atoms. The predicted molar refractivity (Wildman–Crippen MR) is 72.6 cm³/mol. The highest BCUT2D eigenvalue weighted by Crippen LogP contribution is 2.34. The molecule has 112 valence electrons. The lowest BCUT2D eigenvalue weighted by molar-refractivity contribution is -0.176. The molecule has 3 nitrogen and oxygen atoms in total. The fraction of sp³-hybridized carbons (Fsp3) is 0.643. The van der Waals surface area contributed by atoms with Gasteiger partial charge in [0.25, 0.3) is 0 Å². The van der Waals surface area contributed by atoms with Crippen LogP contribution in [-0.4, -0.2) is 30.8 Å². The second kappa shape index (κ2) is 6.43. The molecule has 2 heterocycles. The molecule has 1 atom stereocenters. The molecule has 20 heavy (non-hydrogen) atoms. The first-order valence-corrected chi connectivity index (χ1v) is 6.99. The van der Waals surface area contributed by atoms with Crippen LogP contribution in [-0.2, 0) is 6.54 Å². The van der Waals surface area contributed by atoms with E-state index in [0.29, 0.717) is 25.3 Å². The number of nitrogens with one attached hydrogen (secondary N) is 1. The van der Waals surface area contributed by atoms with E-state index in [1.165, 1.54) is 0 Å². The minimum atomic E-state index is -4.11. The maximum atomic E-state index is 12.8. The van der Waals surface area contributed by atoms with Crippen LogP contribution in [0.2, 0.25) is 0 Å². The molecule has 1 aliphatic rings. The van der Waals surface area contributed by atoms with Gasteiger partial charge in [-0.25, -0.2) is 4.98 Å². The number of anilines is 1. The van der Waals surface area contributed by atoms with Crippen molar-refractivity contribution in [2.75, 3.05) is 24.5 Å². The van der Waals surface area contributed by atoms with Crippen LogP contribution in [0.3, 0.4) is 0 Å². The smallest absolute Gasteiger partial charge is 0.356 e. The van der Waals surface area contributed by atoms with Gasteiger partial charge in [-0.3, -0.25) is 0 Å². The molecule has 1 saturated heterocycles. The van der Waals surface area contributed by atoms with E-state index in [1.54, 1.807) is 11.0 Å². The lowest BCUT2D eigenvalue weighted by Crippen LogP contribution is -2.42. The van der Waals surface area contributed by atoms with Crippen LogP contribution < -0.4 is 10.2 Å². The van der Waals surface area contributed by atoms with E-state index in [-0.39, 0.29) is 13.0 Å². The van der Waals surface area contributed by atoms with Gasteiger partial charge in [-0.15, -0.1) is 0 Å². The van der Waals surface area contributed by atoms with Gasteiger partial charge in [0.2, 0.25) is 0 Å². The zero-order valence-corrected chi connectivity index (χ0v) is 11.6.